The van der Waals surface area contributed by atoms with E-state index in [2.05, 4.69) is 31.3 Å². The number of hydrogen-bond donors (Lipinski definition) is 6. The maximum atomic E-state index is 13.0. The third-order valence-electron chi connectivity index (χ3n) is 17.6. The molecule has 0 aromatic rings. The predicted octanol–water partition coefficient (Wildman–Crippen LogP) is 18.8. The molecular formula is C73H139NO10. The molecule has 1 amide bonds. The molecule has 0 saturated carbocycles. The fourth-order valence-electron chi connectivity index (χ4n) is 11.8. The van der Waals surface area contributed by atoms with Crippen LogP contribution < -0.4 is 5.32 Å². The van der Waals surface area contributed by atoms with Gasteiger partial charge in [0.25, 0.3) is 0 Å². The monoisotopic (exact) mass is 1190 g/mol. The van der Waals surface area contributed by atoms with Crippen molar-refractivity contribution in [2.24, 2.45) is 0 Å². The van der Waals surface area contributed by atoms with Crippen molar-refractivity contribution in [3.8, 4) is 0 Å². The van der Waals surface area contributed by atoms with Gasteiger partial charge in [-0.2, -0.15) is 0 Å². The average molecular weight is 1190 g/mol. The summed E-state index contributed by atoms with van der Waals surface area (Å²) in [7, 11) is 0. The molecule has 1 aliphatic rings. The van der Waals surface area contributed by atoms with E-state index < -0.39 is 49.5 Å². The Morgan fingerprint density at radius 3 is 1.15 bits per heavy atom. The fraction of sp³-hybridized carbons (Fsp3) is 0.918. The van der Waals surface area contributed by atoms with Gasteiger partial charge in [-0.15, -0.1) is 0 Å². The lowest BCUT2D eigenvalue weighted by molar-refractivity contribution is -0.302. The Hall–Kier alpha value is -1.86. The van der Waals surface area contributed by atoms with Crippen LogP contribution in [-0.4, -0.2) is 100 Å². The first kappa shape index (κ1) is 80.2. The summed E-state index contributed by atoms with van der Waals surface area (Å²) in [5.74, 6) is -0.171. The third kappa shape index (κ3) is 51.1. The standard InChI is InChI=1S/C73H139NO10/c1-3-5-7-9-11-13-15-37-41-45-49-53-57-61-69(78)82-62-58-54-50-46-42-39-36-34-32-30-28-26-24-22-20-18-16-17-19-21-23-25-27-29-31-33-35-38-40-44-48-52-56-60-68(77)74-65(64-83-73-72(81)71(80)70(79)67(63-75)84-73)66(76)59-55-51-47-43-14-12-10-8-6-4-2/h13,15,55,59,65-67,70-73,75-76,79-81H,3-12,14,16-54,56-58,60-64H2,1-2H3,(H,74,77)/b15-13-,59-55+. The Balaban J connectivity index is 1.89. The maximum Gasteiger partial charge on any atom is 0.305 e. The molecule has 11 heteroatoms. The highest BCUT2D eigenvalue weighted by Gasteiger charge is 2.44. The Bertz CT molecular complexity index is 1440. The summed E-state index contributed by atoms with van der Waals surface area (Å²) in [6.07, 6.45) is 69.1. The molecular weight excluding hydrogens is 1050 g/mol. The van der Waals surface area contributed by atoms with Crippen LogP contribution in [0.25, 0.3) is 0 Å². The van der Waals surface area contributed by atoms with Crippen LogP contribution in [0.4, 0.5) is 0 Å². The number of hydrogen-bond acceptors (Lipinski definition) is 10. The fourth-order valence-corrected chi connectivity index (χ4v) is 11.8. The van der Waals surface area contributed by atoms with E-state index in [0.29, 0.717) is 19.4 Å². The smallest absolute Gasteiger partial charge is 0.305 e. The number of unbranched alkanes of at least 4 members (excludes halogenated alkanes) is 49. The molecule has 1 fully saturated rings. The molecule has 7 atom stereocenters. The third-order valence-corrected chi connectivity index (χ3v) is 17.6. The summed E-state index contributed by atoms with van der Waals surface area (Å²) < 4.78 is 16.7. The van der Waals surface area contributed by atoms with Gasteiger partial charge in [0.1, 0.15) is 24.4 Å². The largest absolute Gasteiger partial charge is 0.466 e. The lowest BCUT2D eigenvalue weighted by Gasteiger charge is -2.40. The average Bonchev–Trinajstić information content (AvgIpc) is 3.42. The Morgan fingerprint density at radius 2 is 0.762 bits per heavy atom. The zero-order valence-electron chi connectivity index (χ0n) is 55.1. The molecule has 1 rings (SSSR count). The molecule has 1 heterocycles. The molecule has 0 aromatic heterocycles. The number of aliphatic hydroxyl groups excluding tert-OH is 5. The number of carbonyl (C=O) groups excluding carboxylic acids is 2. The van der Waals surface area contributed by atoms with Crippen LogP contribution in [0.5, 0.6) is 0 Å². The van der Waals surface area contributed by atoms with E-state index in [-0.39, 0.29) is 18.5 Å². The summed E-state index contributed by atoms with van der Waals surface area (Å²) in [5.41, 5.74) is 0. The van der Waals surface area contributed by atoms with Crippen molar-refractivity contribution in [2.75, 3.05) is 19.8 Å². The summed E-state index contributed by atoms with van der Waals surface area (Å²) in [6.45, 7) is 4.35. The second-order valence-electron chi connectivity index (χ2n) is 25.7. The minimum atomic E-state index is -1.57. The first-order valence-corrected chi connectivity index (χ1v) is 36.6. The van der Waals surface area contributed by atoms with E-state index in [1.54, 1.807) is 6.08 Å². The number of amides is 1. The van der Waals surface area contributed by atoms with Gasteiger partial charge in [-0.25, -0.2) is 0 Å². The second kappa shape index (κ2) is 62.7. The van der Waals surface area contributed by atoms with Crippen molar-refractivity contribution in [3.05, 3.63) is 24.3 Å². The van der Waals surface area contributed by atoms with Crippen molar-refractivity contribution >= 4 is 11.9 Å². The van der Waals surface area contributed by atoms with Gasteiger partial charge in [-0.1, -0.05) is 321 Å². The van der Waals surface area contributed by atoms with Crippen molar-refractivity contribution < 1.29 is 49.3 Å². The minimum absolute atomic E-state index is 0.00563. The Labute approximate surface area is 518 Å². The van der Waals surface area contributed by atoms with Crippen LogP contribution in [0.2, 0.25) is 0 Å². The quantitative estimate of drug-likeness (QED) is 0.0195. The molecule has 1 saturated heterocycles. The summed E-state index contributed by atoms with van der Waals surface area (Å²) in [6, 6.07) is -0.805. The molecule has 1 aliphatic heterocycles. The van der Waals surface area contributed by atoms with E-state index in [4.69, 9.17) is 14.2 Å². The topological polar surface area (TPSA) is 175 Å². The van der Waals surface area contributed by atoms with E-state index >= 15 is 0 Å². The van der Waals surface area contributed by atoms with E-state index in [1.807, 2.05) is 6.08 Å². The van der Waals surface area contributed by atoms with E-state index in [0.717, 1.165) is 57.8 Å². The normalized spacial score (nSPS) is 18.1. The molecule has 496 valence electrons. The van der Waals surface area contributed by atoms with Gasteiger partial charge >= 0.3 is 5.97 Å². The van der Waals surface area contributed by atoms with Crippen LogP contribution in [0.15, 0.2) is 24.3 Å². The van der Waals surface area contributed by atoms with Crippen molar-refractivity contribution in [1.82, 2.24) is 5.32 Å². The highest BCUT2D eigenvalue weighted by atomic mass is 16.7. The van der Waals surface area contributed by atoms with Crippen LogP contribution in [0, 0.1) is 0 Å². The Morgan fingerprint density at radius 1 is 0.429 bits per heavy atom. The number of allylic oxidation sites excluding steroid dienone is 3. The first-order chi connectivity index (χ1) is 41.2. The molecule has 11 nitrogen and oxygen atoms in total. The summed E-state index contributed by atoms with van der Waals surface area (Å²) >= 11 is 0. The van der Waals surface area contributed by atoms with Gasteiger partial charge in [0, 0.05) is 12.8 Å². The highest BCUT2D eigenvalue weighted by molar-refractivity contribution is 5.76. The maximum absolute atomic E-state index is 13.0. The van der Waals surface area contributed by atoms with Crippen molar-refractivity contribution in [3.63, 3.8) is 0 Å². The molecule has 0 aromatic carbocycles. The van der Waals surface area contributed by atoms with Gasteiger partial charge in [0.15, 0.2) is 6.29 Å². The van der Waals surface area contributed by atoms with Crippen LogP contribution in [0.3, 0.4) is 0 Å². The van der Waals surface area contributed by atoms with Gasteiger partial charge in [-0.3, -0.25) is 9.59 Å². The lowest BCUT2D eigenvalue weighted by Crippen LogP contribution is -2.60. The van der Waals surface area contributed by atoms with E-state index in [1.165, 1.54) is 283 Å². The summed E-state index contributed by atoms with van der Waals surface area (Å²) in [4.78, 5) is 25.1. The second-order valence-corrected chi connectivity index (χ2v) is 25.7. The number of ether oxygens (including phenoxy) is 3. The van der Waals surface area contributed by atoms with Crippen molar-refractivity contribution in [1.29, 1.82) is 0 Å². The van der Waals surface area contributed by atoms with Crippen molar-refractivity contribution in [2.45, 2.75) is 410 Å². The van der Waals surface area contributed by atoms with Crippen LogP contribution in [0.1, 0.15) is 367 Å². The number of nitrogens with one attached hydrogen (secondary N) is 1. The molecule has 0 aliphatic carbocycles. The molecule has 7 unspecified atom stereocenters. The van der Waals surface area contributed by atoms with Gasteiger partial charge < -0.3 is 45.1 Å². The first-order valence-electron chi connectivity index (χ1n) is 36.6. The SMILES string of the molecule is CCCCCC/C=C\CCCCCCCC(=O)OCCCCCCCCCCCCCCCCCCCCCCCCCCCCCCCCCCCC(=O)NC(COC1OC(CO)C(O)C(O)C1O)C(O)/C=C/CCCCCCCCCC. The van der Waals surface area contributed by atoms with E-state index in [9.17, 15) is 35.1 Å². The number of esters is 1. The van der Waals surface area contributed by atoms with Gasteiger partial charge in [0.05, 0.1) is 32.0 Å². The number of carbonyl (C=O) groups is 2. The van der Waals surface area contributed by atoms with Crippen LogP contribution >= 0.6 is 0 Å². The predicted molar refractivity (Wildman–Crippen MR) is 352 cm³/mol. The molecule has 6 N–H and O–H groups in total. The highest BCUT2D eigenvalue weighted by Crippen LogP contribution is 2.24. The number of rotatable bonds is 65. The van der Waals surface area contributed by atoms with Crippen LogP contribution in [-0.2, 0) is 23.8 Å². The zero-order valence-corrected chi connectivity index (χ0v) is 55.1. The zero-order chi connectivity index (χ0) is 60.9. The van der Waals surface area contributed by atoms with Gasteiger partial charge in [0.2, 0.25) is 5.91 Å². The molecule has 0 spiro atoms. The minimum Gasteiger partial charge on any atom is -0.466 e. The molecule has 84 heavy (non-hydrogen) atoms. The summed E-state index contributed by atoms with van der Waals surface area (Å²) in [5, 5.41) is 54.4. The number of aliphatic hydroxyl groups is 5. The molecule has 0 radical (unpaired) electrons. The lowest BCUT2D eigenvalue weighted by atomic mass is 9.99. The van der Waals surface area contributed by atoms with Gasteiger partial charge in [-0.05, 0) is 57.8 Å². The molecule has 0 bridgehead atoms. The Kier molecular flexibility index (Phi) is 59.9.